The number of nitrogens with one attached hydrogen (secondary N) is 1. The molecular formula is C17H16ClN3O2S. The minimum atomic E-state index is -0.159. The fraction of sp³-hybridized carbons (Fsp3) is 0.176. The second kappa shape index (κ2) is 6.37. The number of rotatable bonds is 3. The lowest BCUT2D eigenvalue weighted by Crippen LogP contribution is -2.19. The molecule has 0 saturated heterocycles. The summed E-state index contributed by atoms with van der Waals surface area (Å²) in [4.78, 5) is 25.5. The van der Waals surface area contributed by atoms with Crippen molar-refractivity contribution < 1.29 is 4.79 Å². The Balaban J connectivity index is 2.16. The zero-order valence-corrected chi connectivity index (χ0v) is 15.0. The van der Waals surface area contributed by atoms with E-state index in [1.54, 1.807) is 23.2 Å². The van der Waals surface area contributed by atoms with Crippen LogP contribution in [0, 0.1) is 0 Å². The number of fused-ring (bicyclic) bond motifs is 1. The van der Waals surface area contributed by atoms with E-state index in [-0.39, 0.29) is 11.6 Å². The van der Waals surface area contributed by atoms with Gasteiger partial charge in [0.15, 0.2) is 0 Å². The van der Waals surface area contributed by atoms with E-state index in [0.717, 1.165) is 20.8 Å². The van der Waals surface area contributed by atoms with Gasteiger partial charge in [0.05, 0.1) is 16.7 Å². The van der Waals surface area contributed by atoms with Crippen molar-refractivity contribution in [2.45, 2.75) is 16.7 Å². The third-order valence-electron chi connectivity index (χ3n) is 3.73. The molecule has 1 heterocycles. The number of halogens is 1. The van der Waals surface area contributed by atoms with Crippen molar-refractivity contribution in [3.63, 3.8) is 0 Å². The lowest BCUT2D eigenvalue weighted by atomic mass is 10.2. The molecule has 0 fully saturated rings. The molecule has 24 heavy (non-hydrogen) atoms. The van der Waals surface area contributed by atoms with Crippen molar-refractivity contribution in [3.8, 4) is 0 Å². The summed E-state index contributed by atoms with van der Waals surface area (Å²) in [5.41, 5.74) is 2.16. The number of carbonyl (C=O) groups excluding carboxylic acids is 1. The summed E-state index contributed by atoms with van der Waals surface area (Å²) in [5, 5.41) is 3.51. The van der Waals surface area contributed by atoms with Crippen LogP contribution in [0.2, 0.25) is 5.02 Å². The van der Waals surface area contributed by atoms with E-state index >= 15 is 0 Å². The van der Waals surface area contributed by atoms with E-state index < -0.39 is 0 Å². The molecule has 3 aromatic rings. The Bertz CT molecular complexity index is 990. The predicted octanol–water partition coefficient (Wildman–Crippen LogP) is 3.64. The highest BCUT2D eigenvalue weighted by molar-refractivity contribution is 7.99. The molecule has 0 radical (unpaired) electrons. The molecule has 0 aliphatic heterocycles. The molecule has 7 heteroatoms. The molecule has 0 atom stereocenters. The molecule has 0 aliphatic rings. The minimum absolute atomic E-state index is 0.104. The largest absolute Gasteiger partial charge is 0.328 e. The number of nitrogens with zero attached hydrogens (tertiary/aromatic N) is 2. The van der Waals surface area contributed by atoms with Gasteiger partial charge in [-0.05, 0) is 36.4 Å². The van der Waals surface area contributed by atoms with Gasteiger partial charge in [0.1, 0.15) is 0 Å². The normalized spacial score (nSPS) is 11.0. The quantitative estimate of drug-likeness (QED) is 0.774. The zero-order chi connectivity index (χ0) is 17.4. The number of hydrogen-bond acceptors (Lipinski definition) is 3. The van der Waals surface area contributed by atoms with Crippen LogP contribution in [0.25, 0.3) is 11.0 Å². The minimum Gasteiger partial charge on any atom is -0.325 e. The first-order valence-corrected chi connectivity index (χ1v) is 8.46. The number of amides is 1. The van der Waals surface area contributed by atoms with E-state index in [1.165, 1.54) is 18.7 Å². The summed E-state index contributed by atoms with van der Waals surface area (Å²) < 4.78 is 3.16. The van der Waals surface area contributed by atoms with Gasteiger partial charge in [-0.2, -0.15) is 0 Å². The average Bonchev–Trinajstić information content (AvgIpc) is 2.74. The first kappa shape index (κ1) is 16.7. The summed E-state index contributed by atoms with van der Waals surface area (Å²) in [7, 11) is 3.45. The molecule has 5 nitrogen and oxygen atoms in total. The van der Waals surface area contributed by atoms with Gasteiger partial charge < -0.3 is 5.32 Å². The molecule has 1 aromatic heterocycles. The molecule has 1 amide bonds. The zero-order valence-electron chi connectivity index (χ0n) is 13.5. The smallest absolute Gasteiger partial charge is 0.325 e. The fourth-order valence-corrected chi connectivity index (χ4v) is 3.57. The highest BCUT2D eigenvalue weighted by atomic mass is 35.5. The molecule has 0 unspecified atom stereocenters. The number of carbonyl (C=O) groups is 1. The second-order valence-electron chi connectivity index (χ2n) is 5.47. The number of aryl methyl sites for hydroxylation is 2. The standard InChI is InChI=1S/C17H16ClN3O2S/c1-10(22)19-13-8-14-15(21(3)17(23)20(14)2)9-16(13)24-12-6-4-11(18)5-7-12/h4-9H,1-3H3,(H,19,22). The summed E-state index contributed by atoms with van der Waals surface area (Å²) in [6.07, 6.45) is 0. The Hall–Kier alpha value is -2.18. The van der Waals surface area contributed by atoms with Crippen molar-refractivity contribution in [3.05, 3.63) is 51.9 Å². The highest BCUT2D eigenvalue weighted by Gasteiger charge is 2.14. The lowest BCUT2D eigenvalue weighted by Gasteiger charge is -2.11. The topological polar surface area (TPSA) is 56.0 Å². The fourth-order valence-electron chi connectivity index (χ4n) is 2.53. The van der Waals surface area contributed by atoms with Crippen molar-refractivity contribution in [1.29, 1.82) is 0 Å². The summed E-state index contributed by atoms with van der Waals surface area (Å²) in [6, 6.07) is 11.2. The highest BCUT2D eigenvalue weighted by Crippen LogP contribution is 2.36. The van der Waals surface area contributed by atoms with Crippen molar-refractivity contribution in [2.24, 2.45) is 14.1 Å². The van der Waals surface area contributed by atoms with Gasteiger partial charge in [-0.15, -0.1) is 0 Å². The number of hydrogen-bond donors (Lipinski definition) is 1. The SMILES string of the molecule is CC(=O)Nc1cc2c(cc1Sc1ccc(Cl)cc1)n(C)c(=O)n2C. The maximum atomic E-state index is 12.1. The first-order chi connectivity index (χ1) is 11.4. The second-order valence-corrected chi connectivity index (χ2v) is 7.03. The van der Waals surface area contributed by atoms with Crippen LogP contribution in [-0.4, -0.2) is 15.0 Å². The van der Waals surface area contributed by atoms with Crippen LogP contribution in [0.4, 0.5) is 5.69 Å². The van der Waals surface area contributed by atoms with Gasteiger partial charge >= 0.3 is 5.69 Å². The maximum Gasteiger partial charge on any atom is 0.328 e. The first-order valence-electron chi connectivity index (χ1n) is 7.27. The Morgan fingerprint density at radius 2 is 1.67 bits per heavy atom. The number of imidazole rings is 1. The van der Waals surface area contributed by atoms with Crippen molar-refractivity contribution in [2.75, 3.05) is 5.32 Å². The molecule has 3 rings (SSSR count). The van der Waals surface area contributed by atoms with Gasteiger partial charge in [-0.25, -0.2) is 4.79 Å². The Labute approximate surface area is 148 Å². The molecule has 0 aliphatic carbocycles. The van der Waals surface area contributed by atoms with Crippen LogP contribution in [-0.2, 0) is 18.9 Å². The summed E-state index contributed by atoms with van der Waals surface area (Å²) in [5.74, 6) is -0.159. The molecular weight excluding hydrogens is 346 g/mol. The van der Waals surface area contributed by atoms with Crippen LogP contribution in [0.3, 0.4) is 0 Å². The number of anilines is 1. The van der Waals surface area contributed by atoms with Crippen LogP contribution in [0.5, 0.6) is 0 Å². The van der Waals surface area contributed by atoms with Gasteiger partial charge in [-0.3, -0.25) is 13.9 Å². The van der Waals surface area contributed by atoms with Crippen LogP contribution in [0.1, 0.15) is 6.92 Å². The van der Waals surface area contributed by atoms with E-state index in [9.17, 15) is 9.59 Å². The van der Waals surface area contributed by atoms with E-state index in [2.05, 4.69) is 5.32 Å². The summed E-state index contributed by atoms with van der Waals surface area (Å²) >= 11 is 7.43. The van der Waals surface area contributed by atoms with Gasteiger partial charge in [-0.1, -0.05) is 23.4 Å². The Morgan fingerprint density at radius 3 is 2.25 bits per heavy atom. The van der Waals surface area contributed by atoms with Gasteiger partial charge in [0.25, 0.3) is 0 Å². The van der Waals surface area contributed by atoms with E-state index in [1.807, 2.05) is 36.4 Å². The van der Waals surface area contributed by atoms with Gasteiger partial charge in [0.2, 0.25) is 5.91 Å². The van der Waals surface area contributed by atoms with E-state index in [0.29, 0.717) is 10.7 Å². The Kier molecular flexibility index (Phi) is 4.43. The third kappa shape index (κ3) is 3.07. The van der Waals surface area contributed by atoms with Crippen LogP contribution >= 0.6 is 23.4 Å². The van der Waals surface area contributed by atoms with Crippen LogP contribution < -0.4 is 11.0 Å². The monoisotopic (exact) mass is 361 g/mol. The van der Waals surface area contributed by atoms with Crippen molar-refractivity contribution in [1.82, 2.24) is 9.13 Å². The average molecular weight is 362 g/mol. The predicted molar refractivity (Wildman–Crippen MR) is 98.0 cm³/mol. The van der Waals surface area contributed by atoms with Gasteiger partial charge in [0, 0.05) is 35.8 Å². The number of benzene rings is 2. The maximum absolute atomic E-state index is 12.1. The van der Waals surface area contributed by atoms with Crippen molar-refractivity contribution >= 4 is 46.0 Å². The number of aromatic nitrogens is 2. The lowest BCUT2D eigenvalue weighted by molar-refractivity contribution is -0.114. The third-order valence-corrected chi connectivity index (χ3v) is 5.04. The molecule has 0 bridgehead atoms. The molecule has 1 N–H and O–H groups in total. The molecule has 2 aromatic carbocycles. The Morgan fingerprint density at radius 1 is 1.08 bits per heavy atom. The molecule has 0 saturated carbocycles. The molecule has 124 valence electrons. The van der Waals surface area contributed by atoms with Crippen LogP contribution in [0.15, 0.2) is 51.0 Å². The summed E-state index contributed by atoms with van der Waals surface area (Å²) in [6.45, 7) is 1.46. The van der Waals surface area contributed by atoms with E-state index in [4.69, 9.17) is 11.6 Å². The molecule has 0 spiro atoms.